The summed E-state index contributed by atoms with van der Waals surface area (Å²) in [5, 5.41) is 10.0. The second-order valence-corrected chi connectivity index (χ2v) is 6.94. The number of halogens is 1. The molecule has 1 atom stereocenters. The van der Waals surface area contributed by atoms with E-state index in [0.29, 0.717) is 5.92 Å². The van der Waals surface area contributed by atoms with Crippen molar-refractivity contribution >= 4 is 21.6 Å². The molecule has 0 aliphatic heterocycles. The molecule has 0 bridgehead atoms. The van der Waals surface area contributed by atoms with Crippen molar-refractivity contribution in [1.29, 1.82) is 0 Å². The number of benzene rings is 1. The van der Waals surface area contributed by atoms with Crippen molar-refractivity contribution in [3.8, 4) is 0 Å². The predicted octanol–water partition coefficient (Wildman–Crippen LogP) is 3.53. The van der Waals surface area contributed by atoms with E-state index >= 15 is 0 Å². The fraction of sp³-hybridized carbons (Fsp3) is 0.625. The Morgan fingerprint density at radius 3 is 2.30 bits per heavy atom. The summed E-state index contributed by atoms with van der Waals surface area (Å²) < 4.78 is 1.01. The molecule has 4 heteroatoms. The van der Waals surface area contributed by atoms with Crippen LogP contribution < -0.4 is 4.90 Å². The molecule has 0 heterocycles. The van der Waals surface area contributed by atoms with Crippen LogP contribution >= 0.6 is 15.9 Å². The van der Waals surface area contributed by atoms with Crippen molar-refractivity contribution in [3.05, 3.63) is 28.2 Å². The lowest BCUT2D eigenvalue weighted by Crippen LogP contribution is -2.35. The normalized spacial score (nSPS) is 13.1. The van der Waals surface area contributed by atoms with Gasteiger partial charge in [-0.3, -0.25) is 0 Å². The van der Waals surface area contributed by atoms with Crippen LogP contribution in [0.15, 0.2) is 22.7 Å². The molecule has 0 aromatic heterocycles. The average Bonchev–Trinajstić information content (AvgIpc) is 2.33. The third kappa shape index (κ3) is 5.43. The first-order valence-electron chi connectivity index (χ1n) is 7.18. The topological polar surface area (TPSA) is 26.7 Å². The highest BCUT2D eigenvalue weighted by Crippen LogP contribution is 2.30. The van der Waals surface area contributed by atoms with Crippen LogP contribution in [0.4, 0.5) is 5.69 Å². The molecule has 0 saturated carbocycles. The van der Waals surface area contributed by atoms with Gasteiger partial charge in [-0.1, -0.05) is 29.8 Å². The summed E-state index contributed by atoms with van der Waals surface area (Å²) in [5.74, 6) is 0.586. The molecule has 1 N–H and O–H groups in total. The van der Waals surface area contributed by atoms with E-state index in [9.17, 15) is 5.11 Å². The first-order valence-corrected chi connectivity index (χ1v) is 7.97. The highest BCUT2D eigenvalue weighted by molar-refractivity contribution is 9.10. The van der Waals surface area contributed by atoms with Crippen LogP contribution in [-0.2, 0) is 0 Å². The maximum Gasteiger partial charge on any atom is 0.0782 e. The summed E-state index contributed by atoms with van der Waals surface area (Å²) in [6, 6.07) is 6.16. The molecule has 0 amide bonds. The van der Waals surface area contributed by atoms with E-state index in [1.165, 1.54) is 0 Å². The van der Waals surface area contributed by atoms with Crippen molar-refractivity contribution < 1.29 is 5.11 Å². The second-order valence-electron chi connectivity index (χ2n) is 6.02. The first kappa shape index (κ1) is 17.5. The highest BCUT2D eigenvalue weighted by Gasteiger charge is 2.16. The number of hydrogen-bond donors (Lipinski definition) is 1. The fourth-order valence-corrected chi connectivity index (χ4v) is 2.60. The Balaban J connectivity index is 3.05. The van der Waals surface area contributed by atoms with Crippen LogP contribution in [0.2, 0.25) is 0 Å². The molecule has 1 aromatic rings. The molecule has 0 aliphatic carbocycles. The molecule has 0 aliphatic rings. The predicted molar refractivity (Wildman–Crippen MR) is 90.4 cm³/mol. The Morgan fingerprint density at radius 1 is 1.15 bits per heavy atom. The van der Waals surface area contributed by atoms with Gasteiger partial charge in [-0.25, -0.2) is 0 Å². The summed E-state index contributed by atoms with van der Waals surface area (Å²) in [6.45, 7) is 9.24. The van der Waals surface area contributed by atoms with Crippen LogP contribution in [0.5, 0.6) is 0 Å². The smallest absolute Gasteiger partial charge is 0.0782 e. The number of likely N-dealkylation sites (N-methyl/N-ethyl adjacent to an activating group) is 1. The minimum absolute atomic E-state index is 0.462. The van der Waals surface area contributed by atoms with Crippen molar-refractivity contribution in [2.75, 3.05) is 38.6 Å². The number of hydrogen-bond acceptors (Lipinski definition) is 3. The third-order valence-electron chi connectivity index (χ3n) is 3.18. The van der Waals surface area contributed by atoms with Crippen LogP contribution in [-0.4, -0.2) is 43.7 Å². The molecule has 0 spiro atoms. The Hall–Kier alpha value is -0.580. The lowest BCUT2D eigenvalue weighted by molar-refractivity contribution is 0.199. The van der Waals surface area contributed by atoms with Gasteiger partial charge in [-0.2, -0.15) is 0 Å². The van der Waals surface area contributed by atoms with Gasteiger partial charge in [0.25, 0.3) is 0 Å². The monoisotopic (exact) mass is 342 g/mol. The molecule has 1 rings (SSSR count). The summed E-state index contributed by atoms with van der Waals surface area (Å²) in [4.78, 5) is 4.56. The van der Waals surface area contributed by atoms with Crippen LogP contribution in [0.1, 0.15) is 32.4 Å². The fourth-order valence-electron chi connectivity index (χ4n) is 2.22. The lowest BCUT2D eigenvalue weighted by Gasteiger charge is -2.30. The quantitative estimate of drug-likeness (QED) is 0.821. The van der Waals surface area contributed by atoms with Gasteiger partial charge in [0, 0.05) is 35.4 Å². The van der Waals surface area contributed by atoms with Crippen molar-refractivity contribution in [3.63, 3.8) is 0 Å². The molecular weight excluding hydrogens is 316 g/mol. The minimum Gasteiger partial charge on any atom is -0.389 e. The van der Waals surface area contributed by atoms with E-state index in [0.717, 1.165) is 35.4 Å². The van der Waals surface area contributed by atoms with Gasteiger partial charge >= 0.3 is 0 Å². The maximum absolute atomic E-state index is 10.0. The first-order chi connectivity index (χ1) is 9.31. The van der Waals surface area contributed by atoms with Crippen molar-refractivity contribution in [1.82, 2.24) is 4.90 Å². The SMILES string of the molecule is CC(C)CN(CCN(C)C)c1ccc(Br)cc1C(C)O. The Kier molecular flexibility index (Phi) is 7.00. The molecule has 1 aromatic carbocycles. The molecule has 20 heavy (non-hydrogen) atoms. The largest absolute Gasteiger partial charge is 0.389 e. The summed E-state index contributed by atoms with van der Waals surface area (Å²) in [6.07, 6.45) is -0.462. The zero-order chi connectivity index (χ0) is 15.3. The molecule has 0 fully saturated rings. The summed E-state index contributed by atoms with van der Waals surface area (Å²) >= 11 is 3.49. The Morgan fingerprint density at radius 2 is 1.80 bits per heavy atom. The summed E-state index contributed by atoms with van der Waals surface area (Å²) in [5.41, 5.74) is 2.12. The van der Waals surface area contributed by atoms with Gasteiger partial charge in [-0.05, 0) is 45.1 Å². The van der Waals surface area contributed by atoms with Crippen molar-refractivity contribution in [2.45, 2.75) is 26.9 Å². The van der Waals surface area contributed by atoms with E-state index in [1.54, 1.807) is 0 Å². The Bertz CT molecular complexity index is 419. The number of nitrogens with zero attached hydrogens (tertiary/aromatic N) is 2. The standard InChI is InChI=1S/C16H27BrN2O/c1-12(2)11-19(9-8-18(4)5)16-7-6-14(17)10-15(16)13(3)20/h6-7,10,12-13,20H,8-9,11H2,1-5H3. The van der Waals surface area contributed by atoms with Gasteiger partial charge in [0.2, 0.25) is 0 Å². The number of rotatable bonds is 7. The number of aliphatic hydroxyl groups excluding tert-OH is 1. The highest BCUT2D eigenvalue weighted by atomic mass is 79.9. The van der Waals surface area contributed by atoms with E-state index in [1.807, 2.05) is 19.1 Å². The lowest BCUT2D eigenvalue weighted by atomic mass is 10.1. The maximum atomic E-state index is 10.0. The third-order valence-corrected chi connectivity index (χ3v) is 3.68. The second kappa shape index (κ2) is 8.01. The number of anilines is 1. The zero-order valence-corrected chi connectivity index (χ0v) is 14.8. The van der Waals surface area contributed by atoms with Gasteiger partial charge in [0.1, 0.15) is 0 Å². The van der Waals surface area contributed by atoms with Gasteiger partial charge in [0.05, 0.1) is 6.10 Å². The minimum atomic E-state index is -0.462. The van der Waals surface area contributed by atoms with Gasteiger partial charge < -0.3 is 14.9 Å². The van der Waals surface area contributed by atoms with E-state index in [4.69, 9.17) is 0 Å². The van der Waals surface area contributed by atoms with Crippen molar-refractivity contribution in [2.24, 2.45) is 5.92 Å². The number of aliphatic hydroxyl groups is 1. The van der Waals surface area contributed by atoms with Crippen LogP contribution in [0.25, 0.3) is 0 Å². The van der Waals surface area contributed by atoms with E-state index < -0.39 is 6.10 Å². The molecule has 1 unspecified atom stereocenters. The Labute approximate surface area is 131 Å². The van der Waals surface area contributed by atoms with Crippen LogP contribution in [0, 0.1) is 5.92 Å². The van der Waals surface area contributed by atoms with E-state index in [-0.39, 0.29) is 0 Å². The zero-order valence-electron chi connectivity index (χ0n) is 13.2. The molecule has 3 nitrogen and oxygen atoms in total. The molecular formula is C16H27BrN2O. The molecule has 0 saturated heterocycles. The van der Waals surface area contributed by atoms with Gasteiger partial charge in [0.15, 0.2) is 0 Å². The van der Waals surface area contributed by atoms with Gasteiger partial charge in [-0.15, -0.1) is 0 Å². The van der Waals surface area contributed by atoms with E-state index in [2.05, 4.69) is 59.7 Å². The molecule has 114 valence electrons. The molecule has 0 radical (unpaired) electrons. The van der Waals surface area contributed by atoms with Crippen LogP contribution in [0.3, 0.4) is 0 Å². The summed E-state index contributed by atoms with van der Waals surface area (Å²) in [7, 11) is 4.18. The average molecular weight is 343 g/mol.